The van der Waals surface area contributed by atoms with Crippen molar-refractivity contribution in [1.29, 1.82) is 0 Å². The Hall–Kier alpha value is -1.52. The van der Waals surface area contributed by atoms with Gasteiger partial charge in [0.1, 0.15) is 6.10 Å². The lowest BCUT2D eigenvalue weighted by molar-refractivity contribution is -0.252. The van der Waals surface area contributed by atoms with Crippen molar-refractivity contribution in [1.82, 2.24) is 0 Å². The quantitative estimate of drug-likeness (QED) is 0.161. The van der Waals surface area contributed by atoms with Gasteiger partial charge in [-0.15, -0.1) is 0 Å². The van der Waals surface area contributed by atoms with Crippen LogP contribution in [0.3, 0.4) is 0 Å². The molecule has 0 aromatic heterocycles. The van der Waals surface area contributed by atoms with Gasteiger partial charge in [-0.3, -0.25) is 4.79 Å². The van der Waals surface area contributed by atoms with Crippen molar-refractivity contribution in [3.05, 3.63) is 11.6 Å². The molecule has 0 aromatic carbocycles. The molecule has 0 amide bonds. The largest absolute Gasteiger partial charge is 0.481 e. The van der Waals surface area contributed by atoms with Crippen LogP contribution in [0.4, 0.5) is 0 Å². The minimum atomic E-state index is -0.903. The minimum Gasteiger partial charge on any atom is -0.481 e. The first kappa shape index (κ1) is 29.7. The van der Waals surface area contributed by atoms with E-state index in [1.807, 2.05) is 6.92 Å². The number of ether oxygens (including phenoxy) is 3. The van der Waals surface area contributed by atoms with Crippen LogP contribution in [0.5, 0.6) is 0 Å². The van der Waals surface area contributed by atoms with Crippen LogP contribution in [0.1, 0.15) is 78.6 Å². The van der Waals surface area contributed by atoms with Gasteiger partial charge in [-0.2, -0.15) is 0 Å². The van der Waals surface area contributed by atoms with E-state index in [0.29, 0.717) is 32.5 Å². The first-order valence-electron chi connectivity index (χ1n) is 13.0. The van der Waals surface area contributed by atoms with E-state index in [9.17, 15) is 24.9 Å². The Morgan fingerprint density at radius 1 is 1.09 bits per heavy atom. The second-order valence-corrected chi connectivity index (χ2v) is 10.2. The first-order chi connectivity index (χ1) is 16.6. The maximum Gasteiger partial charge on any atom is 0.330 e. The van der Waals surface area contributed by atoms with Crippen LogP contribution in [-0.2, 0) is 23.8 Å². The Bertz CT molecular complexity index is 692. The lowest BCUT2D eigenvalue weighted by Gasteiger charge is -2.48. The maximum atomic E-state index is 12.1. The molecule has 2 rings (SSSR count). The van der Waals surface area contributed by atoms with E-state index in [2.05, 4.69) is 0 Å². The minimum absolute atomic E-state index is 0.125. The Morgan fingerprint density at radius 2 is 1.74 bits per heavy atom. The lowest BCUT2D eigenvalue weighted by atomic mass is 9.80. The zero-order valence-corrected chi connectivity index (χ0v) is 21.3. The van der Waals surface area contributed by atoms with Crippen LogP contribution in [0.15, 0.2) is 11.6 Å². The predicted molar refractivity (Wildman–Crippen MR) is 129 cm³/mol. The van der Waals surface area contributed by atoms with Crippen LogP contribution in [0.2, 0.25) is 0 Å². The predicted octanol–water partition coefficient (Wildman–Crippen LogP) is 2.59. The summed E-state index contributed by atoms with van der Waals surface area (Å²) in [7, 11) is 0. The fraction of sp³-hybridized carbons (Fsp3) is 0.846. The molecule has 8 atom stereocenters. The third-order valence-electron chi connectivity index (χ3n) is 7.14. The van der Waals surface area contributed by atoms with Crippen molar-refractivity contribution in [2.24, 2.45) is 11.8 Å². The average molecular weight is 501 g/mol. The summed E-state index contributed by atoms with van der Waals surface area (Å²) in [6, 6.07) is 0. The maximum absolute atomic E-state index is 12.1. The Balaban J connectivity index is 1.71. The lowest BCUT2D eigenvalue weighted by Crippen LogP contribution is -2.59. The fourth-order valence-corrected chi connectivity index (χ4v) is 4.85. The molecule has 9 nitrogen and oxygen atoms in total. The number of esters is 1. The van der Waals surface area contributed by atoms with Gasteiger partial charge in [0.05, 0.1) is 43.7 Å². The molecule has 202 valence electrons. The van der Waals surface area contributed by atoms with Gasteiger partial charge in [0, 0.05) is 24.3 Å². The van der Waals surface area contributed by atoms with Gasteiger partial charge in [0.15, 0.2) is 0 Å². The van der Waals surface area contributed by atoms with Crippen molar-refractivity contribution >= 4 is 11.9 Å². The van der Waals surface area contributed by atoms with Gasteiger partial charge in [-0.1, -0.05) is 38.2 Å². The molecule has 4 N–H and O–H groups in total. The molecular weight excluding hydrogens is 456 g/mol. The number of hydrogen-bond acceptors (Lipinski definition) is 8. The number of carbonyl (C=O) groups excluding carboxylic acids is 1. The van der Waals surface area contributed by atoms with Crippen molar-refractivity contribution in [2.75, 3.05) is 13.2 Å². The monoisotopic (exact) mass is 500 g/mol. The molecule has 0 aliphatic carbocycles. The molecule has 0 radical (unpaired) electrons. The van der Waals surface area contributed by atoms with E-state index < -0.39 is 48.6 Å². The molecule has 0 spiro atoms. The van der Waals surface area contributed by atoms with E-state index in [1.165, 1.54) is 6.08 Å². The van der Waals surface area contributed by atoms with E-state index in [0.717, 1.165) is 37.7 Å². The number of aliphatic carboxylic acids is 1. The van der Waals surface area contributed by atoms with Crippen LogP contribution in [0.25, 0.3) is 0 Å². The summed E-state index contributed by atoms with van der Waals surface area (Å²) in [5, 5.41) is 39.9. The van der Waals surface area contributed by atoms with Gasteiger partial charge in [0.2, 0.25) is 0 Å². The van der Waals surface area contributed by atoms with Gasteiger partial charge in [-0.05, 0) is 39.5 Å². The van der Waals surface area contributed by atoms with E-state index >= 15 is 0 Å². The topological polar surface area (TPSA) is 143 Å². The summed E-state index contributed by atoms with van der Waals surface area (Å²) >= 11 is 0. The number of unbranched alkanes of at least 4 members (excludes halogenated alkanes) is 5. The fourth-order valence-electron chi connectivity index (χ4n) is 4.85. The highest BCUT2D eigenvalue weighted by Gasteiger charge is 2.48. The number of aliphatic hydroxyl groups is 3. The molecule has 0 bridgehead atoms. The SMILES string of the molecule is CC(=CC(=O)OCCCCCCCCC(=O)O)C[C@@H]1OC[C@@H]2C[C@H](O)[C@@H]([C@@H](C)[C@H](C)O)O[C@H]2[C@H]1O. The molecule has 2 saturated heterocycles. The van der Waals surface area contributed by atoms with Crippen LogP contribution in [-0.4, -0.2) is 82.2 Å². The van der Waals surface area contributed by atoms with Crippen molar-refractivity contribution in [2.45, 2.75) is 115 Å². The van der Waals surface area contributed by atoms with Gasteiger partial charge >= 0.3 is 11.9 Å². The number of rotatable bonds is 14. The second kappa shape index (κ2) is 14.9. The molecule has 2 fully saturated rings. The smallest absolute Gasteiger partial charge is 0.330 e. The van der Waals surface area contributed by atoms with E-state index in [4.69, 9.17) is 19.3 Å². The van der Waals surface area contributed by atoms with E-state index in [1.54, 1.807) is 13.8 Å². The molecule has 0 saturated carbocycles. The number of carboxylic acid groups (broad SMARTS) is 1. The first-order valence-corrected chi connectivity index (χ1v) is 13.0. The highest BCUT2D eigenvalue weighted by atomic mass is 16.6. The summed E-state index contributed by atoms with van der Waals surface area (Å²) in [6.07, 6.45) is 3.86. The van der Waals surface area contributed by atoms with E-state index in [-0.39, 0.29) is 18.3 Å². The van der Waals surface area contributed by atoms with Crippen LogP contribution < -0.4 is 0 Å². The molecule has 2 heterocycles. The Labute approximate surface area is 208 Å². The zero-order valence-electron chi connectivity index (χ0n) is 21.3. The van der Waals surface area contributed by atoms with Crippen molar-refractivity contribution in [3.63, 3.8) is 0 Å². The highest BCUT2D eigenvalue weighted by Crippen LogP contribution is 2.37. The number of carboxylic acids is 1. The van der Waals surface area contributed by atoms with Crippen molar-refractivity contribution in [3.8, 4) is 0 Å². The average Bonchev–Trinajstić information content (AvgIpc) is 2.78. The third-order valence-corrected chi connectivity index (χ3v) is 7.14. The van der Waals surface area contributed by atoms with Gasteiger partial charge in [-0.25, -0.2) is 4.79 Å². The Morgan fingerprint density at radius 3 is 2.40 bits per heavy atom. The van der Waals surface area contributed by atoms with Crippen LogP contribution >= 0.6 is 0 Å². The van der Waals surface area contributed by atoms with Crippen molar-refractivity contribution < 1.29 is 44.2 Å². The number of fused-ring (bicyclic) bond motifs is 1. The Kier molecular flexibility index (Phi) is 12.6. The summed E-state index contributed by atoms with van der Waals surface area (Å²) in [5.41, 5.74) is 0.737. The molecule has 0 unspecified atom stereocenters. The molecular formula is C26H44O9. The summed E-state index contributed by atoms with van der Waals surface area (Å²) in [5.74, 6) is -1.57. The molecule has 2 aliphatic heterocycles. The molecule has 35 heavy (non-hydrogen) atoms. The standard InChI is InChI=1S/C26H44O9/c1-16(13-23(31)33-11-9-7-5-4-6-8-10-22(29)30)12-21-24(32)26-19(15-34-21)14-20(28)25(35-26)17(2)18(3)27/h13,17-21,24-28,32H,4-12,14-15H2,1-3H3,(H,29,30)/t17-,18-,19-,20-,21-,24-,25+,26+/m0/s1. The van der Waals surface area contributed by atoms with Crippen LogP contribution in [0, 0.1) is 11.8 Å². The zero-order chi connectivity index (χ0) is 26.0. The number of carbonyl (C=O) groups is 2. The molecule has 2 aliphatic rings. The number of aliphatic hydroxyl groups excluding tert-OH is 3. The third kappa shape index (κ3) is 9.80. The van der Waals surface area contributed by atoms with Gasteiger partial charge < -0.3 is 34.6 Å². The number of hydrogen-bond donors (Lipinski definition) is 4. The molecule has 9 heteroatoms. The summed E-state index contributed by atoms with van der Waals surface area (Å²) in [6.45, 7) is 5.97. The van der Waals surface area contributed by atoms with Gasteiger partial charge in [0.25, 0.3) is 0 Å². The second-order valence-electron chi connectivity index (χ2n) is 10.2. The molecule has 0 aromatic rings. The normalized spacial score (nSPS) is 30.9. The highest BCUT2D eigenvalue weighted by molar-refractivity contribution is 5.82. The summed E-state index contributed by atoms with van der Waals surface area (Å²) < 4.78 is 17.2. The summed E-state index contributed by atoms with van der Waals surface area (Å²) in [4.78, 5) is 22.6.